The van der Waals surface area contributed by atoms with Gasteiger partial charge in [-0.3, -0.25) is 19.7 Å². The number of rotatable bonds is 4. The molecule has 1 aliphatic heterocycles. The highest BCUT2D eigenvalue weighted by molar-refractivity contribution is 6.05. The molecule has 0 saturated heterocycles. The van der Waals surface area contributed by atoms with Crippen LogP contribution in [0.15, 0.2) is 18.2 Å². The molecule has 1 aromatic carbocycles. The summed E-state index contributed by atoms with van der Waals surface area (Å²) in [6.07, 6.45) is 4.11. The average molecular weight is 288 g/mol. The van der Waals surface area contributed by atoms with Crippen LogP contribution in [-0.4, -0.2) is 23.2 Å². The Hall–Kier alpha value is -2.24. The molecule has 1 heterocycles. The molecule has 1 fully saturated rings. The maximum Gasteiger partial charge on any atom is 0.269 e. The first-order valence-electron chi connectivity index (χ1n) is 7.16. The van der Waals surface area contributed by atoms with Crippen molar-refractivity contribution in [2.45, 2.75) is 32.1 Å². The Bertz CT molecular complexity index is 620. The standard InChI is InChI=1S/C15H16N2O4/c18-14(10-3-1-2-4-10)9-16-13-6-5-12(17(20)21)7-11(13)8-15(16)19/h5-7,10H,1-4,8-9H2. The minimum atomic E-state index is -0.475. The monoisotopic (exact) mass is 288 g/mol. The number of nitro benzene ring substituents is 1. The number of hydrogen-bond acceptors (Lipinski definition) is 4. The molecule has 1 saturated carbocycles. The topological polar surface area (TPSA) is 80.5 Å². The first kappa shape index (κ1) is 13.7. The van der Waals surface area contributed by atoms with Crippen LogP contribution in [0.3, 0.4) is 0 Å². The fourth-order valence-corrected chi connectivity index (χ4v) is 3.19. The Kier molecular flexibility index (Phi) is 3.45. The van der Waals surface area contributed by atoms with Gasteiger partial charge < -0.3 is 4.90 Å². The molecule has 0 radical (unpaired) electrons. The van der Waals surface area contributed by atoms with E-state index in [4.69, 9.17) is 0 Å². The summed E-state index contributed by atoms with van der Waals surface area (Å²) >= 11 is 0. The summed E-state index contributed by atoms with van der Waals surface area (Å²) in [5, 5.41) is 10.8. The molecule has 2 aliphatic rings. The van der Waals surface area contributed by atoms with Crippen LogP contribution in [-0.2, 0) is 16.0 Å². The van der Waals surface area contributed by atoms with Crippen molar-refractivity contribution in [1.82, 2.24) is 0 Å². The van der Waals surface area contributed by atoms with E-state index >= 15 is 0 Å². The van der Waals surface area contributed by atoms with E-state index in [1.165, 1.54) is 17.0 Å². The largest absolute Gasteiger partial charge is 0.304 e. The molecule has 0 N–H and O–H groups in total. The normalized spacial score (nSPS) is 18.1. The number of fused-ring (bicyclic) bond motifs is 1. The number of non-ortho nitro benzene ring substituents is 1. The number of hydrogen-bond donors (Lipinski definition) is 0. The summed E-state index contributed by atoms with van der Waals surface area (Å²) in [5.74, 6) is 0.0174. The van der Waals surface area contributed by atoms with Gasteiger partial charge in [-0.15, -0.1) is 0 Å². The number of carbonyl (C=O) groups excluding carboxylic acids is 2. The van der Waals surface area contributed by atoms with Crippen LogP contribution in [0.2, 0.25) is 0 Å². The molecule has 0 spiro atoms. The van der Waals surface area contributed by atoms with Gasteiger partial charge >= 0.3 is 0 Å². The van der Waals surface area contributed by atoms with Gasteiger partial charge in [-0.1, -0.05) is 12.8 Å². The Morgan fingerprint density at radius 1 is 1.33 bits per heavy atom. The van der Waals surface area contributed by atoms with Crippen LogP contribution in [0.25, 0.3) is 0 Å². The molecule has 3 rings (SSSR count). The molecule has 0 aromatic heterocycles. The molecule has 0 bridgehead atoms. The molecular formula is C15H16N2O4. The lowest BCUT2D eigenvalue weighted by Gasteiger charge is -2.18. The zero-order chi connectivity index (χ0) is 15.0. The summed E-state index contributed by atoms with van der Waals surface area (Å²) in [6.45, 7) is 0.0916. The van der Waals surface area contributed by atoms with Crippen LogP contribution in [0.4, 0.5) is 11.4 Å². The third-order valence-electron chi connectivity index (χ3n) is 4.33. The van der Waals surface area contributed by atoms with Gasteiger partial charge in [-0.2, -0.15) is 0 Å². The molecule has 110 valence electrons. The van der Waals surface area contributed by atoms with Crippen LogP contribution < -0.4 is 4.90 Å². The lowest BCUT2D eigenvalue weighted by Crippen LogP contribution is -2.34. The molecule has 1 aromatic rings. The van der Waals surface area contributed by atoms with Crippen molar-refractivity contribution in [3.63, 3.8) is 0 Å². The summed E-state index contributed by atoms with van der Waals surface area (Å²) in [4.78, 5) is 36.1. The quantitative estimate of drug-likeness (QED) is 0.628. The first-order chi connectivity index (χ1) is 10.1. The summed E-state index contributed by atoms with van der Waals surface area (Å²) < 4.78 is 0. The summed E-state index contributed by atoms with van der Waals surface area (Å²) in [7, 11) is 0. The smallest absolute Gasteiger partial charge is 0.269 e. The van der Waals surface area contributed by atoms with Gasteiger partial charge in [-0.25, -0.2) is 0 Å². The van der Waals surface area contributed by atoms with Crippen LogP contribution in [0.1, 0.15) is 31.2 Å². The highest BCUT2D eigenvalue weighted by atomic mass is 16.6. The minimum Gasteiger partial charge on any atom is -0.304 e. The molecule has 21 heavy (non-hydrogen) atoms. The zero-order valence-corrected chi connectivity index (χ0v) is 11.6. The third kappa shape index (κ3) is 2.53. The number of nitro groups is 1. The minimum absolute atomic E-state index is 0.0227. The highest BCUT2D eigenvalue weighted by Crippen LogP contribution is 2.33. The van der Waals surface area contributed by atoms with Crippen molar-refractivity contribution in [2.75, 3.05) is 11.4 Å². The van der Waals surface area contributed by atoms with Gasteiger partial charge in [0.15, 0.2) is 5.78 Å². The van der Waals surface area contributed by atoms with E-state index in [0.29, 0.717) is 11.3 Å². The number of benzene rings is 1. The van der Waals surface area contributed by atoms with Gasteiger partial charge in [0.25, 0.3) is 5.69 Å². The maximum atomic E-state index is 12.2. The van der Waals surface area contributed by atoms with Crippen LogP contribution in [0.5, 0.6) is 0 Å². The van der Waals surface area contributed by atoms with E-state index in [2.05, 4.69) is 0 Å². The van der Waals surface area contributed by atoms with E-state index in [9.17, 15) is 19.7 Å². The number of ketones is 1. The number of Topliss-reactive ketones (excluding diaryl/α,β-unsaturated/α-hetero) is 1. The highest BCUT2D eigenvalue weighted by Gasteiger charge is 2.32. The zero-order valence-electron chi connectivity index (χ0n) is 11.6. The first-order valence-corrected chi connectivity index (χ1v) is 7.16. The lowest BCUT2D eigenvalue weighted by molar-refractivity contribution is -0.384. The molecule has 6 nitrogen and oxygen atoms in total. The lowest BCUT2D eigenvalue weighted by atomic mass is 10.0. The second kappa shape index (κ2) is 5.27. The molecule has 1 aliphatic carbocycles. The fraction of sp³-hybridized carbons (Fsp3) is 0.467. The van der Waals surface area contributed by atoms with Crippen molar-refractivity contribution in [2.24, 2.45) is 5.92 Å². The maximum absolute atomic E-state index is 12.2. The van der Waals surface area contributed by atoms with Crippen LogP contribution >= 0.6 is 0 Å². The van der Waals surface area contributed by atoms with Gasteiger partial charge in [0.2, 0.25) is 5.91 Å². The predicted molar refractivity (Wildman–Crippen MR) is 76.1 cm³/mol. The molecule has 6 heteroatoms. The molecule has 0 atom stereocenters. The number of nitrogens with zero attached hydrogens (tertiary/aromatic N) is 2. The van der Waals surface area contributed by atoms with Crippen molar-refractivity contribution < 1.29 is 14.5 Å². The van der Waals surface area contributed by atoms with Crippen molar-refractivity contribution in [1.29, 1.82) is 0 Å². The fourth-order valence-electron chi connectivity index (χ4n) is 3.19. The third-order valence-corrected chi connectivity index (χ3v) is 4.33. The van der Waals surface area contributed by atoms with Gasteiger partial charge in [-0.05, 0) is 24.5 Å². The van der Waals surface area contributed by atoms with Crippen molar-refractivity contribution in [3.8, 4) is 0 Å². The Morgan fingerprint density at radius 3 is 2.71 bits per heavy atom. The second-order valence-corrected chi connectivity index (χ2v) is 5.67. The second-order valence-electron chi connectivity index (χ2n) is 5.67. The average Bonchev–Trinajstić information content (AvgIpc) is 3.07. The molecule has 1 amide bonds. The number of amides is 1. The number of anilines is 1. The van der Waals surface area contributed by atoms with Crippen molar-refractivity contribution >= 4 is 23.1 Å². The number of carbonyl (C=O) groups is 2. The van der Waals surface area contributed by atoms with E-state index in [-0.39, 0.29) is 36.3 Å². The van der Waals surface area contributed by atoms with E-state index < -0.39 is 4.92 Å². The van der Waals surface area contributed by atoms with Gasteiger partial charge in [0.05, 0.1) is 17.9 Å². The molecule has 0 unspecified atom stereocenters. The Labute approximate surface area is 121 Å². The van der Waals surface area contributed by atoms with E-state index in [0.717, 1.165) is 25.7 Å². The summed E-state index contributed by atoms with van der Waals surface area (Å²) in [6, 6.07) is 4.37. The predicted octanol–water partition coefficient (Wildman–Crippen LogP) is 2.24. The van der Waals surface area contributed by atoms with Crippen LogP contribution in [0, 0.1) is 16.0 Å². The Balaban J connectivity index is 1.80. The van der Waals surface area contributed by atoms with E-state index in [1.54, 1.807) is 6.07 Å². The van der Waals surface area contributed by atoms with Crippen molar-refractivity contribution in [3.05, 3.63) is 33.9 Å². The molecular weight excluding hydrogens is 272 g/mol. The van der Waals surface area contributed by atoms with E-state index in [1.807, 2.05) is 0 Å². The summed E-state index contributed by atoms with van der Waals surface area (Å²) in [5.41, 5.74) is 1.25. The Morgan fingerprint density at radius 2 is 2.05 bits per heavy atom. The SMILES string of the molecule is O=C(CN1C(=O)Cc2cc([N+](=O)[O-])ccc21)C1CCCC1. The van der Waals surface area contributed by atoms with Gasteiger partial charge in [0, 0.05) is 23.7 Å². The van der Waals surface area contributed by atoms with Gasteiger partial charge in [0.1, 0.15) is 0 Å².